The average Bonchev–Trinajstić information content (AvgIpc) is 2.82. The number of hydrogen-bond donors (Lipinski definition) is 1. The van der Waals surface area contributed by atoms with Crippen LogP contribution in [0.2, 0.25) is 0 Å². The van der Waals surface area contributed by atoms with Crippen LogP contribution in [-0.4, -0.2) is 5.91 Å². The lowest BCUT2D eigenvalue weighted by Crippen LogP contribution is -2.12. The van der Waals surface area contributed by atoms with E-state index in [4.69, 9.17) is 0 Å². The van der Waals surface area contributed by atoms with Crippen LogP contribution in [0.4, 0.5) is 8.78 Å². The quantitative estimate of drug-likeness (QED) is 0.732. The topological polar surface area (TPSA) is 29.1 Å². The van der Waals surface area contributed by atoms with Crippen LogP contribution in [0.3, 0.4) is 0 Å². The third kappa shape index (κ3) is 2.14. The molecule has 20 heavy (non-hydrogen) atoms. The predicted molar refractivity (Wildman–Crippen MR) is 70.0 cm³/mol. The van der Waals surface area contributed by atoms with Crippen molar-refractivity contribution in [3.63, 3.8) is 0 Å². The number of halogens is 2. The highest BCUT2D eigenvalue weighted by Gasteiger charge is 2.17. The van der Waals surface area contributed by atoms with Gasteiger partial charge in [-0.3, -0.25) is 4.79 Å². The van der Waals surface area contributed by atoms with Gasteiger partial charge in [-0.15, -0.1) is 0 Å². The molecule has 0 aliphatic carbocycles. The average molecular weight is 269 g/mol. The van der Waals surface area contributed by atoms with Gasteiger partial charge in [0.1, 0.15) is 0 Å². The van der Waals surface area contributed by atoms with E-state index in [0.717, 1.165) is 11.6 Å². The molecule has 1 N–H and O–H groups in total. The number of benzene rings is 2. The second kappa shape index (κ2) is 4.78. The SMILES string of the molecule is O=C1NCc2cc(C#Cc3cccc(F)c3F)ccc21. The van der Waals surface area contributed by atoms with Gasteiger partial charge in [0.05, 0.1) is 5.56 Å². The van der Waals surface area contributed by atoms with Crippen LogP contribution in [0, 0.1) is 23.5 Å². The van der Waals surface area contributed by atoms with Crippen LogP contribution in [-0.2, 0) is 6.54 Å². The van der Waals surface area contributed by atoms with Crippen LogP contribution in [0.25, 0.3) is 0 Å². The Kier molecular flexibility index (Phi) is 2.96. The number of fused-ring (bicyclic) bond motifs is 1. The van der Waals surface area contributed by atoms with Crippen LogP contribution in [0.1, 0.15) is 27.0 Å². The first-order valence-corrected chi connectivity index (χ1v) is 6.02. The molecule has 1 aliphatic heterocycles. The van der Waals surface area contributed by atoms with Gasteiger partial charge in [-0.05, 0) is 35.9 Å². The first kappa shape index (κ1) is 12.4. The number of carbonyl (C=O) groups excluding carboxylic acids is 1. The lowest BCUT2D eigenvalue weighted by molar-refractivity contribution is 0.0966. The zero-order valence-electron chi connectivity index (χ0n) is 10.3. The van der Waals surface area contributed by atoms with Gasteiger partial charge in [0.25, 0.3) is 5.91 Å². The summed E-state index contributed by atoms with van der Waals surface area (Å²) in [5.74, 6) is 3.42. The number of nitrogens with one attached hydrogen (secondary N) is 1. The van der Waals surface area contributed by atoms with Gasteiger partial charge in [-0.1, -0.05) is 17.9 Å². The summed E-state index contributed by atoms with van der Waals surface area (Å²) < 4.78 is 26.5. The standard InChI is InChI=1S/C16H9F2NO/c17-14-3-1-2-11(15(14)18)6-4-10-5-7-13-12(8-10)9-19-16(13)20/h1-3,5,7-8H,9H2,(H,19,20). The Balaban J connectivity index is 1.95. The highest BCUT2D eigenvalue weighted by Crippen LogP contribution is 2.17. The van der Waals surface area contributed by atoms with Crippen LogP contribution in [0.15, 0.2) is 36.4 Å². The smallest absolute Gasteiger partial charge is 0.251 e. The van der Waals surface area contributed by atoms with Crippen LogP contribution < -0.4 is 5.32 Å². The molecule has 0 aromatic heterocycles. The molecule has 0 unspecified atom stereocenters. The Morgan fingerprint density at radius 1 is 1.10 bits per heavy atom. The monoisotopic (exact) mass is 269 g/mol. The fraction of sp³-hybridized carbons (Fsp3) is 0.0625. The van der Waals surface area contributed by atoms with Crippen molar-refractivity contribution in [1.82, 2.24) is 5.32 Å². The normalized spacial score (nSPS) is 12.4. The second-order valence-corrected chi connectivity index (χ2v) is 4.41. The maximum atomic E-state index is 13.4. The van der Waals surface area contributed by atoms with Gasteiger partial charge in [-0.25, -0.2) is 8.78 Å². The van der Waals surface area contributed by atoms with Crippen molar-refractivity contribution in [3.8, 4) is 11.8 Å². The molecule has 1 amide bonds. The molecular weight excluding hydrogens is 260 g/mol. The number of hydrogen-bond acceptors (Lipinski definition) is 1. The van der Waals surface area contributed by atoms with Crippen LogP contribution >= 0.6 is 0 Å². The molecule has 0 bridgehead atoms. The van der Waals surface area contributed by atoms with Crippen molar-refractivity contribution in [1.29, 1.82) is 0 Å². The van der Waals surface area contributed by atoms with E-state index in [-0.39, 0.29) is 11.5 Å². The number of amides is 1. The minimum atomic E-state index is -0.946. The van der Waals surface area contributed by atoms with E-state index in [1.165, 1.54) is 12.1 Å². The van der Waals surface area contributed by atoms with E-state index >= 15 is 0 Å². The van der Waals surface area contributed by atoms with Crippen LogP contribution in [0.5, 0.6) is 0 Å². The molecule has 2 nitrogen and oxygen atoms in total. The van der Waals surface area contributed by atoms with Gasteiger partial charge < -0.3 is 5.32 Å². The van der Waals surface area contributed by atoms with Gasteiger partial charge in [0.2, 0.25) is 0 Å². The minimum Gasteiger partial charge on any atom is -0.348 e. The summed E-state index contributed by atoms with van der Waals surface area (Å²) in [6, 6.07) is 9.03. The zero-order valence-corrected chi connectivity index (χ0v) is 10.3. The summed E-state index contributed by atoms with van der Waals surface area (Å²) in [5.41, 5.74) is 2.16. The fourth-order valence-corrected chi connectivity index (χ4v) is 2.05. The van der Waals surface area contributed by atoms with E-state index in [9.17, 15) is 13.6 Å². The molecular formula is C16H9F2NO. The third-order valence-corrected chi connectivity index (χ3v) is 3.08. The third-order valence-electron chi connectivity index (χ3n) is 3.08. The van der Waals surface area contributed by atoms with Gasteiger partial charge in [0.15, 0.2) is 11.6 Å². The number of carbonyl (C=O) groups is 1. The van der Waals surface area contributed by atoms with Crippen molar-refractivity contribution in [2.75, 3.05) is 0 Å². The largest absolute Gasteiger partial charge is 0.348 e. The van der Waals surface area contributed by atoms with Crippen molar-refractivity contribution >= 4 is 5.91 Å². The summed E-state index contributed by atoms with van der Waals surface area (Å²) in [7, 11) is 0. The Labute approximate surface area is 114 Å². The van der Waals surface area contributed by atoms with E-state index in [2.05, 4.69) is 17.2 Å². The molecule has 1 heterocycles. The van der Waals surface area contributed by atoms with Gasteiger partial charge in [0, 0.05) is 17.7 Å². The van der Waals surface area contributed by atoms with Gasteiger partial charge in [-0.2, -0.15) is 0 Å². The van der Waals surface area contributed by atoms with Crippen molar-refractivity contribution in [2.45, 2.75) is 6.54 Å². The number of rotatable bonds is 0. The Morgan fingerprint density at radius 2 is 1.95 bits per heavy atom. The van der Waals surface area contributed by atoms with E-state index in [1.807, 2.05) is 0 Å². The highest BCUT2D eigenvalue weighted by atomic mass is 19.2. The molecule has 1 aliphatic rings. The Morgan fingerprint density at radius 3 is 2.80 bits per heavy atom. The molecule has 98 valence electrons. The summed E-state index contributed by atoms with van der Waals surface area (Å²) in [4.78, 5) is 11.4. The molecule has 0 fully saturated rings. The molecule has 0 radical (unpaired) electrons. The molecule has 3 rings (SSSR count). The maximum absolute atomic E-state index is 13.4. The highest BCUT2D eigenvalue weighted by molar-refractivity contribution is 5.98. The van der Waals surface area contributed by atoms with Crippen molar-refractivity contribution in [3.05, 3.63) is 70.3 Å². The molecule has 2 aromatic rings. The Hall–Kier alpha value is -2.67. The molecule has 2 aromatic carbocycles. The van der Waals surface area contributed by atoms with E-state index < -0.39 is 11.6 Å². The molecule has 0 saturated carbocycles. The summed E-state index contributed by atoms with van der Waals surface area (Å²) in [5, 5.41) is 2.71. The summed E-state index contributed by atoms with van der Waals surface area (Å²) in [6.07, 6.45) is 0. The Bertz CT molecular complexity index is 772. The second-order valence-electron chi connectivity index (χ2n) is 4.41. The predicted octanol–water partition coefficient (Wildman–Crippen LogP) is 2.61. The fourth-order valence-electron chi connectivity index (χ4n) is 2.05. The molecule has 0 saturated heterocycles. The van der Waals surface area contributed by atoms with Crippen molar-refractivity contribution in [2.24, 2.45) is 0 Å². The molecule has 0 spiro atoms. The van der Waals surface area contributed by atoms with Crippen molar-refractivity contribution < 1.29 is 13.6 Å². The summed E-state index contributed by atoms with van der Waals surface area (Å²) in [6.45, 7) is 0.470. The minimum absolute atomic E-state index is 0.0136. The first-order chi connectivity index (χ1) is 9.65. The zero-order chi connectivity index (χ0) is 14.1. The maximum Gasteiger partial charge on any atom is 0.251 e. The summed E-state index contributed by atoms with van der Waals surface area (Å²) >= 11 is 0. The first-order valence-electron chi connectivity index (χ1n) is 6.02. The lowest BCUT2D eigenvalue weighted by Gasteiger charge is -1.97. The van der Waals surface area contributed by atoms with E-state index in [1.54, 1.807) is 18.2 Å². The van der Waals surface area contributed by atoms with E-state index in [0.29, 0.717) is 17.7 Å². The molecule has 4 heteroatoms. The van der Waals surface area contributed by atoms with Gasteiger partial charge >= 0.3 is 0 Å². The molecule has 0 atom stereocenters. The lowest BCUT2D eigenvalue weighted by atomic mass is 10.1.